The van der Waals surface area contributed by atoms with E-state index in [1.165, 1.54) is 0 Å². The van der Waals surface area contributed by atoms with Gasteiger partial charge in [0.25, 0.3) is 0 Å². The number of rotatable bonds is 5. The second-order valence-electron chi connectivity index (χ2n) is 5.70. The molecule has 0 aliphatic carbocycles. The largest absolute Gasteiger partial charge is 0.374 e. The minimum atomic E-state index is -0.0137. The summed E-state index contributed by atoms with van der Waals surface area (Å²) in [6.45, 7) is 11.7. The standard InChI is InChI=1S/C14H28N2O2/c1-9(2)16(8-6-7-15)14(17)13-10(3)11(4)18-12(13)5/h9-13H,6-8,15H2,1-5H3. The highest BCUT2D eigenvalue weighted by Gasteiger charge is 2.43. The first-order valence-electron chi connectivity index (χ1n) is 7.06. The van der Waals surface area contributed by atoms with E-state index in [1.807, 2.05) is 18.7 Å². The summed E-state index contributed by atoms with van der Waals surface area (Å²) in [6, 6.07) is 0.222. The lowest BCUT2D eigenvalue weighted by Gasteiger charge is -2.31. The number of carbonyl (C=O) groups is 1. The van der Waals surface area contributed by atoms with Gasteiger partial charge in [-0.05, 0) is 46.6 Å². The fraction of sp³-hybridized carbons (Fsp3) is 0.929. The smallest absolute Gasteiger partial charge is 0.228 e. The Morgan fingerprint density at radius 3 is 2.28 bits per heavy atom. The van der Waals surface area contributed by atoms with Crippen molar-refractivity contribution in [2.45, 2.75) is 59.3 Å². The van der Waals surface area contributed by atoms with Crippen molar-refractivity contribution in [2.75, 3.05) is 13.1 Å². The van der Waals surface area contributed by atoms with Crippen molar-refractivity contribution in [1.82, 2.24) is 4.90 Å². The zero-order valence-corrected chi connectivity index (χ0v) is 12.3. The first-order chi connectivity index (χ1) is 8.40. The number of nitrogens with zero attached hydrogens (tertiary/aromatic N) is 1. The maximum absolute atomic E-state index is 12.7. The normalized spacial score (nSPS) is 31.9. The van der Waals surface area contributed by atoms with E-state index in [1.54, 1.807) is 0 Å². The van der Waals surface area contributed by atoms with Crippen LogP contribution >= 0.6 is 0 Å². The molecule has 4 atom stereocenters. The van der Waals surface area contributed by atoms with Gasteiger partial charge >= 0.3 is 0 Å². The van der Waals surface area contributed by atoms with Gasteiger partial charge in [-0.3, -0.25) is 4.79 Å². The lowest BCUT2D eigenvalue weighted by atomic mass is 9.88. The summed E-state index contributed by atoms with van der Waals surface area (Å²) >= 11 is 0. The Morgan fingerprint density at radius 2 is 1.89 bits per heavy atom. The second-order valence-corrected chi connectivity index (χ2v) is 5.70. The molecular weight excluding hydrogens is 228 g/mol. The molecule has 0 aromatic heterocycles. The van der Waals surface area contributed by atoms with Crippen molar-refractivity contribution < 1.29 is 9.53 Å². The van der Waals surface area contributed by atoms with Crippen molar-refractivity contribution in [3.63, 3.8) is 0 Å². The van der Waals surface area contributed by atoms with Crippen LogP contribution in [0, 0.1) is 11.8 Å². The average molecular weight is 256 g/mol. The van der Waals surface area contributed by atoms with Gasteiger partial charge in [0.2, 0.25) is 5.91 Å². The Morgan fingerprint density at radius 1 is 1.28 bits per heavy atom. The lowest BCUT2D eigenvalue weighted by Crippen LogP contribution is -2.45. The summed E-state index contributed by atoms with van der Waals surface area (Å²) in [4.78, 5) is 14.6. The number of nitrogens with two attached hydrogens (primary N) is 1. The minimum absolute atomic E-state index is 0.0137. The second kappa shape index (κ2) is 6.53. The van der Waals surface area contributed by atoms with Gasteiger partial charge in [0.15, 0.2) is 0 Å². The summed E-state index contributed by atoms with van der Waals surface area (Å²) < 4.78 is 5.77. The maximum Gasteiger partial charge on any atom is 0.228 e. The minimum Gasteiger partial charge on any atom is -0.374 e. The van der Waals surface area contributed by atoms with E-state index in [0.717, 1.165) is 13.0 Å². The monoisotopic (exact) mass is 256 g/mol. The van der Waals surface area contributed by atoms with Gasteiger partial charge in [-0.15, -0.1) is 0 Å². The molecule has 1 saturated heterocycles. The van der Waals surface area contributed by atoms with Crippen LogP contribution in [-0.4, -0.2) is 42.1 Å². The third-order valence-electron chi connectivity index (χ3n) is 4.04. The molecule has 0 aromatic rings. The molecule has 1 aliphatic rings. The molecule has 2 N–H and O–H groups in total. The zero-order chi connectivity index (χ0) is 13.9. The van der Waals surface area contributed by atoms with E-state index in [0.29, 0.717) is 6.54 Å². The molecule has 18 heavy (non-hydrogen) atoms. The number of hydrogen-bond donors (Lipinski definition) is 1. The first-order valence-corrected chi connectivity index (χ1v) is 7.06. The molecule has 4 unspecified atom stereocenters. The molecular formula is C14H28N2O2. The van der Waals surface area contributed by atoms with Crippen LogP contribution in [0.3, 0.4) is 0 Å². The fourth-order valence-electron chi connectivity index (χ4n) is 2.77. The topological polar surface area (TPSA) is 55.6 Å². The molecule has 1 heterocycles. The van der Waals surface area contributed by atoms with Gasteiger partial charge in [0, 0.05) is 12.6 Å². The molecule has 0 spiro atoms. The highest BCUT2D eigenvalue weighted by atomic mass is 16.5. The summed E-state index contributed by atoms with van der Waals surface area (Å²) in [7, 11) is 0. The van der Waals surface area contributed by atoms with Gasteiger partial charge in [-0.25, -0.2) is 0 Å². The summed E-state index contributed by atoms with van der Waals surface area (Å²) in [6.07, 6.45) is 1.04. The number of ether oxygens (including phenoxy) is 1. The summed E-state index contributed by atoms with van der Waals surface area (Å²) in [5.41, 5.74) is 5.54. The molecule has 1 rings (SSSR count). The van der Waals surface area contributed by atoms with Crippen LogP contribution in [0.5, 0.6) is 0 Å². The van der Waals surface area contributed by atoms with E-state index in [9.17, 15) is 4.79 Å². The number of hydrogen-bond acceptors (Lipinski definition) is 3. The molecule has 0 aromatic carbocycles. The predicted octanol–water partition coefficient (Wildman–Crippen LogP) is 1.63. The highest BCUT2D eigenvalue weighted by Crippen LogP contribution is 2.33. The van der Waals surface area contributed by atoms with Gasteiger partial charge < -0.3 is 15.4 Å². The third kappa shape index (κ3) is 3.23. The fourth-order valence-corrected chi connectivity index (χ4v) is 2.77. The molecule has 0 saturated carbocycles. The Labute approximate surface area is 111 Å². The van der Waals surface area contributed by atoms with Gasteiger partial charge in [-0.1, -0.05) is 6.92 Å². The molecule has 4 heteroatoms. The van der Waals surface area contributed by atoms with Crippen LogP contribution in [-0.2, 0) is 9.53 Å². The molecule has 1 fully saturated rings. The van der Waals surface area contributed by atoms with E-state index < -0.39 is 0 Å². The Hall–Kier alpha value is -0.610. The van der Waals surface area contributed by atoms with E-state index in [4.69, 9.17) is 10.5 Å². The number of amides is 1. The quantitative estimate of drug-likeness (QED) is 0.813. The summed E-state index contributed by atoms with van der Waals surface area (Å²) in [5.74, 6) is 0.495. The predicted molar refractivity (Wildman–Crippen MR) is 73.2 cm³/mol. The van der Waals surface area contributed by atoms with Crippen LogP contribution in [0.2, 0.25) is 0 Å². The zero-order valence-electron chi connectivity index (χ0n) is 12.3. The van der Waals surface area contributed by atoms with Gasteiger partial charge in [0.1, 0.15) is 0 Å². The Kier molecular flexibility index (Phi) is 5.60. The lowest BCUT2D eigenvalue weighted by molar-refractivity contribution is -0.139. The molecule has 0 radical (unpaired) electrons. The first kappa shape index (κ1) is 15.4. The molecule has 106 valence electrons. The van der Waals surface area contributed by atoms with Crippen molar-refractivity contribution in [3.05, 3.63) is 0 Å². The average Bonchev–Trinajstić information content (AvgIpc) is 2.53. The molecule has 4 nitrogen and oxygen atoms in total. The molecule has 0 bridgehead atoms. The van der Waals surface area contributed by atoms with Gasteiger partial charge in [0.05, 0.1) is 18.1 Å². The van der Waals surface area contributed by atoms with Crippen molar-refractivity contribution in [3.8, 4) is 0 Å². The van der Waals surface area contributed by atoms with Crippen LogP contribution in [0.15, 0.2) is 0 Å². The van der Waals surface area contributed by atoms with Crippen LogP contribution in [0.4, 0.5) is 0 Å². The molecule has 1 aliphatic heterocycles. The Bertz CT molecular complexity index is 281. The van der Waals surface area contributed by atoms with Gasteiger partial charge in [-0.2, -0.15) is 0 Å². The molecule has 1 amide bonds. The summed E-state index contributed by atoms with van der Waals surface area (Å²) in [5, 5.41) is 0. The van der Waals surface area contributed by atoms with Crippen LogP contribution < -0.4 is 5.73 Å². The highest BCUT2D eigenvalue weighted by molar-refractivity contribution is 5.80. The van der Waals surface area contributed by atoms with E-state index >= 15 is 0 Å². The van der Waals surface area contributed by atoms with Crippen molar-refractivity contribution >= 4 is 5.91 Å². The third-order valence-corrected chi connectivity index (χ3v) is 4.04. The van der Waals surface area contributed by atoms with Crippen LogP contribution in [0.1, 0.15) is 41.0 Å². The SMILES string of the molecule is CC1OC(C)C(C(=O)N(CCCN)C(C)C)C1C. The van der Waals surface area contributed by atoms with E-state index in [-0.39, 0.29) is 36.0 Å². The number of carbonyl (C=O) groups excluding carboxylic acids is 1. The van der Waals surface area contributed by atoms with Crippen LogP contribution in [0.25, 0.3) is 0 Å². The van der Waals surface area contributed by atoms with Crippen molar-refractivity contribution in [2.24, 2.45) is 17.6 Å². The maximum atomic E-state index is 12.7. The van der Waals surface area contributed by atoms with Crippen molar-refractivity contribution in [1.29, 1.82) is 0 Å². The Balaban J connectivity index is 2.76. The van der Waals surface area contributed by atoms with E-state index in [2.05, 4.69) is 20.8 Å².